The van der Waals surface area contributed by atoms with E-state index < -0.39 is 5.82 Å². The first-order valence-corrected chi connectivity index (χ1v) is 8.56. The second-order valence-corrected chi connectivity index (χ2v) is 6.40. The van der Waals surface area contributed by atoms with Crippen LogP contribution in [0.15, 0.2) is 47.2 Å². The first-order chi connectivity index (χ1) is 13.0. The number of nitrogens with one attached hydrogen (secondary N) is 1. The molecule has 3 aromatic rings. The van der Waals surface area contributed by atoms with Crippen LogP contribution >= 0.6 is 0 Å². The summed E-state index contributed by atoms with van der Waals surface area (Å²) in [5, 5.41) is 6.64. The smallest absolute Gasteiger partial charge is 0.257 e. The Bertz CT molecular complexity index is 939. The molecule has 7 heteroatoms. The van der Waals surface area contributed by atoms with Crippen molar-refractivity contribution >= 4 is 5.91 Å². The standard InChI is InChI=1S/C20H20FN3O3/c1-12(2)19-18(13(3)24-27-19)20(25)23-10-14-6-7-17(16(21)9-14)26-15-5-4-8-22-11-15/h4-9,11-12H,10H2,1-3H3,(H,23,25). The highest BCUT2D eigenvalue weighted by Gasteiger charge is 2.22. The molecule has 0 unspecified atom stereocenters. The number of pyridine rings is 1. The van der Waals surface area contributed by atoms with E-state index in [4.69, 9.17) is 9.26 Å². The number of amides is 1. The van der Waals surface area contributed by atoms with Gasteiger partial charge in [-0.3, -0.25) is 9.78 Å². The van der Waals surface area contributed by atoms with Crippen molar-refractivity contribution in [3.05, 3.63) is 71.1 Å². The number of halogens is 1. The van der Waals surface area contributed by atoms with Gasteiger partial charge in [0.15, 0.2) is 17.3 Å². The van der Waals surface area contributed by atoms with Crippen molar-refractivity contribution < 1.29 is 18.4 Å². The Morgan fingerprint density at radius 3 is 2.81 bits per heavy atom. The third-order valence-electron chi connectivity index (χ3n) is 3.95. The highest BCUT2D eigenvalue weighted by molar-refractivity contribution is 5.96. The van der Waals surface area contributed by atoms with E-state index in [2.05, 4.69) is 15.5 Å². The molecule has 0 spiro atoms. The molecule has 6 nitrogen and oxygen atoms in total. The van der Waals surface area contributed by atoms with Crippen molar-refractivity contribution in [2.45, 2.75) is 33.2 Å². The van der Waals surface area contributed by atoms with E-state index in [1.165, 1.54) is 18.3 Å². The average Bonchev–Trinajstić information content (AvgIpc) is 3.04. The lowest BCUT2D eigenvalue weighted by Gasteiger charge is -2.10. The minimum Gasteiger partial charge on any atom is -0.453 e. The van der Waals surface area contributed by atoms with Crippen molar-refractivity contribution in [1.82, 2.24) is 15.5 Å². The predicted molar refractivity (Wildman–Crippen MR) is 97.2 cm³/mol. The Morgan fingerprint density at radius 2 is 2.15 bits per heavy atom. The lowest BCUT2D eigenvalue weighted by atomic mass is 10.0. The van der Waals surface area contributed by atoms with Crippen LogP contribution in [0.5, 0.6) is 11.5 Å². The molecule has 0 saturated heterocycles. The third-order valence-corrected chi connectivity index (χ3v) is 3.95. The molecular weight excluding hydrogens is 349 g/mol. The largest absolute Gasteiger partial charge is 0.453 e. The third kappa shape index (κ3) is 4.31. The van der Waals surface area contributed by atoms with Gasteiger partial charge in [0.25, 0.3) is 5.91 Å². The molecule has 2 aromatic heterocycles. The highest BCUT2D eigenvalue weighted by atomic mass is 19.1. The summed E-state index contributed by atoms with van der Waals surface area (Å²) in [4.78, 5) is 16.4. The Kier molecular flexibility index (Phi) is 5.49. The molecule has 0 aliphatic rings. The minimum atomic E-state index is -0.519. The number of hydrogen-bond donors (Lipinski definition) is 1. The molecular formula is C20H20FN3O3. The molecule has 3 rings (SSSR count). The number of aryl methyl sites for hydroxylation is 1. The van der Waals surface area contributed by atoms with Crippen LogP contribution in [-0.4, -0.2) is 16.0 Å². The molecule has 0 aliphatic heterocycles. The SMILES string of the molecule is Cc1noc(C(C)C)c1C(=O)NCc1ccc(Oc2cccnc2)c(F)c1. The molecule has 0 bridgehead atoms. The minimum absolute atomic E-state index is 0.0355. The first kappa shape index (κ1) is 18.6. The van der Waals surface area contributed by atoms with E-state index >= 15 is 0 Å². The summed E-state index contributed by atoms with van der Waals surface area (Å²) in [6.45, 7) is 5.74. The van der Waals surface area contributed by atoms with Gasteiger partial charge < -0.3 is 14.6 Å². The molecule has 1 aromatic carbocycles. The van der Waals surface area contributed by atoms with Crippen molar-refractivity contribution in [2.75, 3.05) is 0 Å². The highest BCUT2D eigenvalue weighted by Crippen LogP contribution is 2.25. The van der Waals surface area contributed by atoms with Crippen LogP contribution in [0, 0.1) is 12.7 Å². The molecule has 1 amide bonds. The number of aromatic nitrogens is 2. The zero-order chi connectivity index (χ0) is 19.4. The summed E-state index contributed by atoms with van der Waals surface area (Å²) in [6, 6.07) is 7.94. The van der Waals surface area contributed by atoms with Gasteiger partial charge in [0.1, 0.15) is 11.3 Å². The van der Waals surface area contributed by atoms with Crippen molar-refractivity contribution in [1.29, 1.82) is 0 Å². The zero-order valence-corrected chi connectivity index (χ0v) is 15.3. The van der Waals surface area contributed by atoms with E-state index in [0.717, 1.165) is 0 Å². The van der Waals surface area contributed by atoms with E-state index in [1.54, 1.807) is 31.3 Å². The van der Waals surface area contributed by atoms with Gasteiger partial charge in [-0.05, 0) is 36.8 Å². The molecule has 2 heterocycles. The summed E-state index contributed by atoms with van der Waals surface area (Å²) in [7, 11) is 0. The second-order valence-electron chi connectivity index (χ2n) is 6.40. The Labute approximate surface area is 156 Å². The number of nitrogens with zero attached hydrogens (tertiary/aromatic N) is 2. The van der Waals surface area contributed by atoms with Crippen LogP contribution < -0.4 is 10.1 Å². The molecule has 27 heavy (non-hydrogen) atoms. The topological polar surface area (TPSA) is 77.2 Å². The number of ether oxygens (including phenoxy) is 1. The fraction of sp³-hybridized carbons (Fsp3) is 0.250. The first-order valence-electron chi connectivity index (χ1n) is 8.56. The van der Waals surface area contributed by atoms with Gasteiger partial charge in [-0.25, -0.2) is 4.39 Å². The van der Waals surface area contributed by atoms with E-state index in [0.29, 0.717) is 28.3 Å². The van der Waals surface area contributed by atoms with Gasteiger partial charge in [-0.15, -0.1) is 0 Å². The normalized spacial score (nSPS) is 10.9. The van der Waals surface area contributed by atoms with Gasteiger partial charge >= 0.3 is 0 Å². The van der Waals surface area contributed by atoms with Crippen molar-refractivity contribution in [2.24, 2.45) is 0 Å². The second kappa shape index (κ2) is 7.99. The number of carbonyl (C=O) groups excluding carboxylic acids is 1. The molecule has 1 N–H and O–H groups in total. The van der Waals surface area contributed by atoms with Crippen LogP contribution in [0.2, 0.25) is 0 Å². The Balaban J connectivity index is 1.67. The lowest BCUT2D eigenvalue weighted by Crippen LogP contribution is -2.24. The van der Waals surface area contributed by atoms with Crippen LogP contribution in [-0.2, 0) is 6.54 Å². The van der Waals surface area contributed by atoms with Crippen molar-refractivity contribution in [3.63, 3.8) is 0 Å². The molecule has 0 radical (unpaired) electrons. The predicted octanol–water partition coefficient (Wildman–Crippen LogP) is 4.36. The molecule has 0 aliphatic carbocycles. The summed E-state index contributed by atoms with van der Waals surface area (Å²) in [5.41, 5.74) is 1.57. The fourth-order valence-corrected chi connectivity index (χ4v) is 2.60. The van der Waals surface area contributed by atoms with Gasteiger partial charge in [-0.1, -0.05) is 25.1 Å². The molecule has 0 fully saturated rings. The quantitative estimate of drug-likeness (QED) is 0.698. The summed E-state index contributed by atoms with van der Waals surface area (Å²) in [6.07, 6.45) is 3.11. The monoisotopic (exact) mass is 369 g/mol. The van der Waals surface area contributed by atoms with Crippen LogP contribution in [0.25, 0.3) is 0 Å². The summed E-state index contributed by atoms with van der Waals surface area (Å²) in [5.74, 6) is 0.296. The fourth-order valence-electron chi connectivity index (χ4n) is 2.60. The number of hydrogen-bond acceptors (Lipinski definition) is 5. The maximum atomic E-state index is 14.3. The number of rotatable bonds is 6. The van der Waals surface area contributed by atoms with Crippen LogP contribution in [0.3, 0.4) is 0 Å². The molecule has 140 valence electrons. The van der Waals surface area contributed by atoms with E-state index in [9.17, 15) is 9.18 Å². The number of carbonyl (C=O) groups is 1. The Hall–Kier alpha value is -3.22. The Morgan fingerprint density at radius 1 is 1.33 bits per heavy atom. The van der Waals surface area contributed by atoms with Crippen LogP contribution in [0.4, 0.5) is 4.39 Å². The summed E-state index contributed by atoms with van der Waals surface area (Å²) < 4.78 is 25.0. The maximum Gasteiger partial charge on any atom is 0.257 e. The van der Waals surface area contributed by atoms with Gasteiger partial charge in [0.2, 0.25) is 0 Å². The van der Waals surface area contributed by atoms with Crippen molar-refractivity contribution in [3.8, 4) is 11.5 Å². The van der Waals surface area contributed by atoms with Gasteiger partial charge in [0.05, 0.1) is 11.9 Å². The lowest BCUT2D eigenvalue weighted by molar-refractivity contribution is 0.0947. The zero-order valence-electron chi connectivity index (χ0n) is 15.3. The average molecular weight is 369 g/mol. The molecule has 0 atom stereocenters. The number of benzene rings is 1. The van der Waals surface area contributed by atoms with E-state index in [-0.39, 0.29) is 24.1 Å². The van der Waals surface area contributed by atoms with Crippen LogP contribution in [0.1, 0.15) is 47.1 Å². The van der Waals surface area contributed by atoms with Gasteiger partial charge in [0, 0.05) is 18.7 Å². The molecule has 0 saturated carbocycles. The van der Waals surface area contributed by atoms with E-state index in [1.807, 2.05) is 13.8 Å². The van der Waals surface area contributed by atoms with Gasteiger partial charge in [-0.2, -0.15) is 0 Å². The summed E-state index contributed by atoms with van der Waals surface area (Å²) >= 11 is 0. The maximum absolute atomic E-state index is 14.3.